The Morgan fingerprint density at radius 3 is 2.57 bits per heavy atom. The first kappa shape index (κ1) is 14.9. The SMILES string of the molecule is CNc1c(O)c(C(=O)Nc2cccc(C)c2)cc2ccccc12. The summed E-state index contributed by atoms with van der Waals surface area (Å²) in [5, 5.41) is 18.0. The van der Waals surface area contributed by atoms with Gasteiger partial charge in [-0.2, -0.15) is 0 Å². The molecule has 0 unspecified atom stereocenters. The molecule has 0 radical (unpaired) electrons. The highest BCUT2D eigenvalue weighted by atomic mass is 16.3. The van der Waals surface area contributed by atoms with Crippen molar-refractivity contribution in [2.75, 3.05) is 17.7 Å². The predicted molar refractivity (Wildman–Crippen MR) is 94.3 cm³/mol. The van der Waals surface area contributed by atoms with Crippen molar-refractivity contribution in [3.8, 4) is 5.75 Å². The quantitative estimate of drug-likeness (QED) is 0.637. The molecular weight excluding hydrogens is 288 g/mol. The summed E-state index contributed by atoms with van der Waals surface area (Å²) < 4.78 is 0. The molecular formula is C19H18N2O2. The molecule has 0 spiro atoms. The molecule has 4 heteroatoms. The fourth-order valence-corrected chi connectivity index (χ4v) is 2.68. The minimum Gasteiger partial charge on any atom is -0.505 e. The van der Waals surface area contributed by atoms with Crippen LogP contribution in [0.15, 0.2) is 54.6 Å². The van der Waals surface area contributed by atoms with Crippen LogP contribution in [0.3, 0.4) is 0 Å². The van der Waals surface area contributed by atoms with Crippen molar-refractivity contribution in [3.63, 3.8) is 0 Å². The number of phenols is 1. The Morgan fingerprint density at radius 2 is 1.83 bits per heavy atom. The topological polar surface area (TPSA) is 61.4 Å². The summed E-state index contributed by atoms with van der Waals surface area (Å²) >= 11 is 0. The smallest absolute Gasteiger partial charge is 0.259 e. The second-order valence-corrected chi connectivity index (χ2v) is 5.44. The van der Waals surface area contributed by atoms with Crippen LogP contribution in [0.2, 0.25) is 0 Å². The van der Waals surface area contributed by atoms with Crippen molar-refractivity contribution < 1.29 is 9.90 Å². The van der Waals surface area contributed by atoms with Crippen LogP contribution in [0, 0.1) is 6.92 Å². The van der Waals surface area contributed by atoms with Crippen LogP contribution in [0.4, 0.5) is 11.4 Å². The van der Waals surface area contributed by atoms with E-state index in [0.717, 1.165) is 16.3 Å². The lowest BCUT2D eigenvalue weighted by Crippen LogP contribution is -2.13. The van der Waals surface area contributed by atoms with Crippen molar-refractivity contribution in [1.82, 2.24) is 0 Å². The molecule has 1 amide bonds. The average Bonchev–Trinajstić information content (AvgIpc) is 2.54. The lowest BCUT2D eigenvalue weighted by Gasteiger charge is -2.13. The second-order valence-electron chi connectivity index (χ2n) is 5.44. The molecule has 3 N–H and O–H groups in total. The van der Waals surface area contributed by atoms with Gasteiger partial charge in [0.25, 0.3) is 5.91 Å². The molecule has 0 fully saturated rings. The van der Waals surface area contributed by atoms with Gasteiger partial charge in [0.05, 0.1) is 11.3 Å². The number of carbonyl (C=O) groups excluding carboxylic acids is 1. The summed E-state index contributed by atoms with van der Waals surface area (Å²) in [7, 11) is 1.73. The summed E-state index contributed by atoms with van der Waals surface area (Å²) in [6, 6.07) is 16.9. The number of nitrogens with one attached hydrogen (secondary N) is 2. The van der Waals surface area contributed by atoms with E-state index in [2.05, 4.69) is 10.6 Å². The van der Waals surface area contributed by atoms with Crippen LogP contribution in [-0.2, 0) is 0 Å². The Balaban J connectivity index is 2.05. The molecule has 0 aliphatic carbocycles. The third-order valence-corrected chi connectivity index (χ3v) is 3.79. The van der Waals surface area contributed by atoms with Gasteiger partial charge in [0.1, 0.15) is 0 Å². The van der Waals surface area contributed by atoms with E-state index in [-0.39, 0.29) is 17.2 Å². The van der Waals surface area contributed by atoms with E-state index in [4.69, 9.17) is 0 Å². The Hall–Kier alpha value is -3.01. The number of hydrogen-bond donors (Lipinski definition) is 3. The Labute approximate surface area is 134 Å². The van der Waals surface area contributed by atoms with E-state index in [1.807, 2.05) is 55.5 Å². The highest BCUT2D eigenvalue weighted by Crippen LogP contribution is 2.36. The lowest BCUT2D eigenvalue weighted by atomic mass is 10.0. The largest absolute Gasteiger partial charge is 0.505 e. The number of carbonyl (C=O) groups is 1. The lowest BCUT2D eigenvalue weighted by molar-refractivity contribution is 0.102. The van der Waals surface area contributed by atoms with E-state index >= 15 is 0 Å². The van der Waals surface area contributed by atoms with Crippen molar-refractivity contribution in [3.05, 3.63) is 65.7 Å². The number of rotatable bonds is 3. The standard InChI is InChI=1S/C19H18N2O2/c1-12-6-5-8-14(10-12)21-19(23)16-11-13-7-3-4-9-15(13)17(20-2)18(16)22/h3-11,20,22H,1-2H3,(H,21,23). The van der Waals surface area contributed by atoms with Gasteiger partial charge in [-0.1, -0.05) is 36.4 Å². The van der Waals surface area contributed by atoms with E-state index in [1.165, 1.54) is 0 Å². The summed E-state index contributed by atoms with van der Waals surface area (Å²) in [6.45, 7) is 1.96. The van der Waals surface area contributed by atoms with Crippen molar-refractivity contribution in [2.45, 2.75) is 6.92 Å². The number of amides is 1. The Morgan fingerprint density at radius 1 is 1.04 bits per heavy atom. The van der Waals surface area contributed by atoms with Crippen LogP contribution < -0.4 is 10.6 Å². The number of hydrogen-bond acceptors (Lipinski definition) is 3. The van der Waals surface area contributed by atoms with Gasteiger partial charge in [0, 0.05) is 18.1 Å². The molecule has 23 heavy (non-hydrogen) atoms. The van der Waals surface area contributed by atoms with Gasteiger partial charge in [-0.15, -0.1) is 0 Å². The first-order chi connectivity index (χ1) is 11.1. The molecule has 0 aromatic heterocycles. The van der Waals surface area contributed by atoms with Crippen molar-refractivity contribution in [2.24, 2.45) is 0 Å². The van der Waals surface area contributed by atoms with Gasteiger partial charge < -0.3 is 15.7 Å². The zero-order chi connectivity index (χ0) is 16.4. The summed E-state index contributed by atoms with van der Waals surface area (Å²) in [5.41, 5.74) is 2.56. The normalized spacial score (nSPS) is 10.5. The average molecular weight is 306 g/mol. The molecule has 0 saturated carbocycles. The maximum Gasteiger partial charge on any atom is 0.259 e. The zero-order valence-corrected chi connectivity index (χ0v) is 13.1. The monoisotopic (exact) mass is 306 g/mol. The van der Waals surface area contributed by atoms with Crippen LogP contribution >= 0.6 is 0 Å². The molecule has 0 atom stereocenters. The van der Waals surface area contributed by atoms with E-state index < -0.39 is 0 Å². The number of benzene rings is 3. The van der Waals surface area contributed by atoms with Crippen molar-refractivity contribution in [1.29, 1.82) is 0 Å². The number of phenolic OH excluding ortho intramolecular Hbond substituents is 1. The molecule has 4 nitrogen and oxygen atoms in total. The maximum absolute atomic E-state index is 12.6. The first-order valence-corrected chi connectivity index (χ1v) is 7.40. The van der Waals surface area contributed by atoms with Crippen LogP contribution in [0.5, 0.6) is 5.75 Å². The molecule has 0 aliphatic rings. The van der Waals surface area contributed by atoms with Gasteiger partial charge in [-0.25, -0.2) is 0 Å². The molecule has 3 aromatic rings. The number of aryl methyl sites for hydroxylation is 1. The van der Waals surface area contributed by atoms with Crippen LogP contribution in [0.25, 0.3) is 10.8 Å². The van der Waals surface area contributed by atoms with Gasteiger partial charge >= 0.3 is 0 Å². The van der Waals surface area contributed by atoms with Crippen LogP contribution in [0.1, 0.15) is 15.9 Å². The highest BCUT2D eigenvalue weighted by Gasteiger charge is 2.17. The third kappa shape index (κ3) is 2.83. The van der Waals surface area contributed by atoms with Gasteiger partial charge in [0.2, 0.25) is 0 Å². The third-order valence-electron chi connectivity index (χ3n) is 3.79. The molecule has 0 saturated heterocycles. The molecule has 3 rings (SSSR count). The minimum absolute atomic E-state index is 0.0450. The van der Waals surface area contributed by atoms with Gasteiger partial charge in [0.15, 0.2) is 5.75 Å². The Kier molecular flexibility index (Phi) is 3.89. The van der Waals surface area contributed by atoms with E-state index in [9.17, 15) is 9.90 Å². The van der Waals surface area contributed by atoms with E-state index in [1.54, 1.807) is 13.1 Å². The van der Waals surface area contributed by atoms with E-state index in [0.29, 0.717) is 11.4 Å². The minimum atomic E-state index is -0.338. The Bertz CT molecular complexity index is 888. The van der Waals surface area contributed by atoms with Crippen LogP contribution in [-0.4, -0.2) is 18.1 Å². The summed E-state index contributed by atoms with van der Waals surface area (Å²) in [5.74, 6) is -0.383. The van der Waals surface area contributed by atoms with Gasteiger partial charge in [-0.3, -0.25) is 4.79 Å². The summed E-state index contributed by atoms with van der Waals surface area (Å²) in [4.78, 5) is 12.6. The first-order valence-electron chi connectivity index (χ1n) is 7.40. The maximum atomic E-state index is 12.6. The fourth-order valence-electron chi connectivity index (χ4n) is 2.68. The molecule has 0 aliphatic heterocycles. The van der Waals surface area contributed by atoms with Crippen molar-refractivity contribution >= 4 is 28.1 Å². The highest BCUT2D eigenvalue weighted by molar-refractivity contribution is 6.12. The number of anilines is 2. The molecule has 0 bridgehead atoms. The zero-order valence-electron chi connectivity index (χ0n) is 13.1. The summed E-state index contributed by atoms with van der Waals surface area (Å²) in [6.07, 6.45) is 0. The fraction of sp³-hybridized carbons (Fsp3) is 0.105. The van der Waals surface area contributed by atoms with Gasteiger partial charge in [-0.05, 0) is 36.1 Å². The molecule has 116 valence electrons. The molecule has 3 aromatic carbocycles. The number of aromatic hydroxyl groups is 1. The predicted octanol–water partition coefficient (Wildman–Crippen LogP) is 4.15. The number of fused-ring (bicyclic) bond motifs is 1. The molecule has 0 heterocycles. The second kappa shape index (κ2) is 6.01.